The fourth-order valence-electron chi connectivity index (χ4n) is 3.09. The summed E-state index contributed by atoms with van der Waals surface area (Å²) < 4.78 is 16.8. The molecule has 1 heterocycles. The molecule has 0 bridgehead atoms. The molecule has 0 N–H and O–H groups in total. The Labute approximate surface area is 136 Å². The Balaban J connectivity index is 1.86. The van der Waals surface area contributed by atoms with Crippen LogP contribution in [0.1, 0.15) is 26.2 Å². The van der Waals surface area contributed by atoms with Crippen molar-refractivity contribution in [2.75, 3.05) is 32.3 Å². The fraction of sp³-hybridized carbons (Fsp3) is 0.500. The lowest BCUT2D eigenvalue weighted by Crippen LogP contribution is -2.18. The number of nitrogens with zero attached hydrogens (tertiary/aromatic N) is 1. The van der Waals surface area contributed by atoms with Gasteiger partial charge in [0.2, 0.25) is 0 Å². The molecule has 124 valence electrons. The fourth-order valence-corrected chi connectivity index (χ4v) is 3.09. The van der Waals surface area contributed by atoms with E-state index >= 15 is 0 Å². The van der Waals surface area contributed by atoms with Gasteiger partial charge in [-0.3, -0.25) is 4.79 Å². The summed E-state index contributed by atoms with van der Waals surface area (Å²) in [5, 5.41) is 0. The van der Waals surface area contributed by atoms with Crippen LogP contribution < -0.4 is 14.4 Å². The van der Waals surface area contributed by atoms with Crippen LogP contribution in [0.15, 0.2) is 29.5 Å². The van der Waals surface area contributed by atoms with Crippen molar-refractivity contribution >= 4 is 11.5 Å². The lowest BCUT2D eigenvalue weighted by molar-refractivity contribution is -0.114. The van der Waals surface area contributed by atoms with Crippen LogP contribution in [0.2, 0.25) is 0 Å². The van der Waals surface area contributed by atoms with Gasteiger partial charge in [-0.2, -0.15) is 0 Å². The molecule has 5 nitrogen and oxygen atoms in total. The molecule has 0 amide bonds. The van der Waals surface area contributed by atoms with Gasteiger partial charge in [0.15, 0.2) is 17.3 Å². The Morgan fingerprint density at radius 3 is 2.70 bits per heavy atom. The molecule has 2 aliphatic rings. The van der Waals surface area contributed by atoms with Crippen LogP contribution in [0.4, 0.5) is 5.69 Å². The van der Waals surface area contributed by atoms with Crippen LogP contribution in [-0.4, -0.2) is 39.3 Å². The number of rotatable bonds is 5. The maximum absolute atomic E-state index is 11.8. The molecule has 0 unspecified atom stereocenters. The summed E-state index contributed by atoms with van der Waals surface area (Å²) in [5.41, 5.74) is 2.93. The molecule has 1 saturated heterocycles. The van der Waals surface area contributed by atoms with Gasteiger partial charge >= 0.3 is 0 Å². The topological polar surface area (TPSA) is 48.0 Å². The van der Waals surface area contributed by atoms with Crippen molar-refractivity contribution in [3.8, 4) is 11.5 Å². The minimum absolute atomic E-state index is 0.0680. The highest BCUT2D eigenvalue weighted by Crippen LogP contribution is 2.36. The van der Waals surface area contributed by atoms with E-state index in [1.54, 1.807) is 7.11 Å². The molecular formula is C18H23NO4. The van der Waals surface area contributed by atoms with E-state index < -0.39 is 0 Å². The van der Waals surface area contributed by atoms with E-state index in [0.29, 0.717) is 18.8 Å². The van der Waals surface area contributed by atoms with Gasteiger partial charge in [-0.1, -0.05) is 0 Å². The lowest BCUT2D eigenvalue weighted by atomic mass is 10.2. The van der Waals surface area contributed by atoms with Crippen LogP contribution in [0.3, 0.4) is 0 Å². The van der Waals surface area contributed by atoms with E-state index in [2.05, 4.69) is 4.90 Å². The second kappa shape index (κ2) is 6.62. The summed E-state index contributed by atoms with van der Waals surface area (Å²) in [4.78, 5) is 13.8. The number of allylic oxidation sites excluding steroid dienone is 2. The number of anilines is 1. The highest BCUT2D eigenvalue weighted by Gasteiger charge is 2.24. The number of methoxy groups -OCH3 is 1. The second-order valence-corrected chi connectivity index (χ2v) is 5.99. The van der Waals surface area contributed by atoms with Gasteiger partial charge in [-0.05, 0) is 25.5 Å². The highest BCUT2D eigenvalue weighted by molar-refractivity contribution is 5.98. The molecule has 1 aromatic carbocycles. The van der Waals surface area contributed by atoms with Crippen molar-refractivity contribution in [3.63, 3.8) is 0 Å². The summed E-state index contributed by atoms with van der Waals surface area (Å²) in [5.74, 6) is 1.66. The molecule has 0 radical (unpaired) electrons. The predicted molar refractivity (Wildman–Crippen MR) is 88.2 cm³/mol. The summed E-state index contributed by atoms with van der Waals surface area (Å²) in [7, 11) is 3.63. The van der Waals surface area contributed by atoms with E-state index in [9.17, 15) is 4.79 Å². The third kappa shape index (κ3) is 3.20. The predicted octanol–water partition coefficient (Wildman–Crippen LogP) is 2.94. The first-order valence-electron chi connectivity index (χ1n) is 7.99. The number of carbonyl (C=O) groups excluding carboxylic acids is 1. The first kappa shape index (κ1) is 15.9. The van der Waals surface area contributed by atoms with Gasteiger partial charge in [0.1, 0.15) is 6.10 Å². The number of hydrogen-bond donors (Lipinski definition) is 0. The molecule has 1 aliphatic carbocycles. The van der Waals surface area contributed by atoms with Crippen LogP contribution in [0.25, 0.3) is 0 Å². The Morgan fingerprint density at radius 2 is 2.09 bits per heavy atom. The molecule has 23 heavy (non-hydrogen) atoms. The smallest absolute Gasteiger partial charge is 0.163 e. The number of benzene rings is 1. The second-order valence-electron chi connectivity index (χ2n) is 5.99. The molecule has 1 atom stereocenters. The number of Topliss-reactive ketones (excluding diaryl/α,β-unsaturated/α-hetero) is 1. The molecule has 3 rings (SSSR count). The zero-order valence-corrected chi connectivity index (χ0v) is 13.9. The molecule has 1 aromatic rings. The average Bonchev–Trinajstić information content (AvgIpc) is 3.18. The largest absolute Gasteiger partial charge is 0.493 e. The van der Waals surface area contributed by atoms with Crippen molar-refractivity contribution in [1.29, 1.82) is 0 Å². The molecule has 0 spiro atoms. The minimum atomic E-state index is 0.0680. The lowest BCUT2D eigenvalue weighted by Gasteiger charge is -2.23. The maximum atomic E-state index is 11.8. The van der Waals surface area contributed by atoms with Gasteiger partial charge in [0.05, 0.1) is 20.3 Å². The number of ether oxygens (including phenoxy) is 3. The summed E-state index contributed by atoms with van der Waals surface area (Å²) in [6.07, 6.45) is 2.35. The van der Waals surface area contributed by atoms with E-state index in [0.717, 1.165) is 42.2 Å². The van der Waals surface area contributed by atoms with Gasteiger partial charge < -0.3 is 19.1 Å². The molecule has 1 fully saturated rings. The summed E-state index contributed by atoms with van der Waals surface area (Å²) >= 11 is 0. The third-order valence-electron chi connectivity index (χ3n) is 4.56. The molecule has 0 aromatic heterocycles. The van der Waals surface area contributed by atoms with Crippen LogP contribution in [0.5, 0.6) is 11.5 Å². The van der Waals surface area contributed by atoms with Crippen molar-refractivity contribution < 1.29 is 19.0 Å². The maximum Gasteiger partial charge on any atom is 0.163 e. The number of hydrogen-bond acceptors (Lipinski definition) is 5. The van der Waals surface area contributed by atoms with Crippen molar-refractivity contribution in [2.24, 2.45) is 0 Å². The minimum Gasteiger partial charge on any atom is -0.493 e. The first-order chi connectivity index (χ1) is 11.1. The highest BCUT2D eigenvalue weighted by atomic mass is 16.6. The Kier molecular flexibility index (Phi) is 4.57. The van der Waals surface area contributed by atoms with Crippen LogP contribution in [-0.2, 0) is 9.53 Å². The molecule has 0 saturated carbocycles. The van der Waals surface area contributed by atoms with Crippen LogP contribution in [0, 0.1) is 0 Å². The van der Waals surface area contributed by atoms with E-state index in [4.69, 9.17) is 14.2 Å². The zero-order valence-electron chi connectivity index (χ0n) is 13.9. The Morgan fingerprint density at radius 1 is 1.26 bits per heavy atom. The van der Waals surface area contributed by atoms with Crippen molar-refractivity contribution in [3.05, 3.63) is 29.5 Å². The van der Waals surface area contributed by atoms with Gasteiger partial charge in [0, 0.05) is 42.9 Å². The quantitative estimate of drug-likeness (QED) is 0.835. The third-order valence-corrected chi connectivity index (χ3v) is 4.56. The Bertz CT molecular complexity index is 632. The monoisotopic (exact) mass is 317 g/mol. The number of carbonyl (C=O) groups is 1. The van der Waals surface area contributed by atoms with Gasteiger partial charge in [0.25, 0.3) is 0 Å². The van der Waals surface area contributed by atoms with Crippen LogP contribution >= 0.6 is 0 Å². The zero-order chi connectivity index (χ0) is 16.4. The molecule has 5 heteroatoms. The van der Waals surface area contributed by atoms with E-state index in [1.165, 1.54) is 0 Å². The van der Waals surface area contributed by atoms with Crippen molar-refractivity contribution in [2.45, 2.75) is 32.3 Å². The first-order valence-corrected chi connectivity index (χ1v) is 7.99. The standard InChI is InChI=1S/C18H23NO4/c1-12-15(5-6-16(12)20)19(2)13-4-7-17(21-3)18(10-13)23-14-8-9-22-11-14/h4,7,10,14H,5-6,8-9,11H2,1-3H3/t14-/m0/s1. The normalized spacial score (nSPS) is 21.0. The summed E-state index contributed by atoms with van der Waals surface area (Å²) in [6.45, 7) is 3.25. The average molecular weight is 317 g/mol. The van der Waals surface area contributed by atoms with E-state index in [1.807, 2.05) is 32.2 Å². The van der Waals surface area contributed by atoms with Gasteiger partial charge in [-0.25, -0.2) is 0 Å². The van der Waals surface area contributed by atoms with Crippen molar-refractivity contribution in [1.82, 2.24) is 0 Å². The summed E-state index contributed by atoms with van der Waals surface area (Å²) in [6, 6.07) is 5.86. The SMILES string of the molecule is COc1ccc(N(C)C2=C(C)C(=O)CC2)cc1O[C@H]1CCOC1. The Hall–Kier alpha value is -2.01. The number of ketones is 1. The molecule has 1 aliphatic heterocycles. The van der Waals surface area contributed by atoms with E-state index in [-0.39, 0.29) is 11.9 Å². The molecular weight excluding hydrogens is 294 g/mol. The van der Waals surface area contributed by atoms with Gasteiger partial charge in [-0.15, -0.1) is 0 Å².